The van der Waals surface area contributed by atoms with E-state index >= 15 is 0 Å². The topological polar surface area (TPSA) is 43.3 Å². The Morgan fingerprint density at radius 3 is 2.79 bits per heavy atom. The molecule has 0 aliphatic rings. The Balaban J connectivity index is 2.06. The Morgan fingerprint density at radius 1 is 1.05 bits per heavy atom. The maximum Gasteiger partial charge on any atom is 0.128 e. The van der Waals surface area contributed by atoms with Crippen LogP contribution < -0.4 is 5.73 Å². The summed E-state index contributed by atoms with van der Waals surface area (Å²) in [6, 6.07) is 14.2. The van der Waals surface area contributed by atoms with Gasteiger partial charge in [0.15, 0.2) is 0 Å². The molecule has 0 aliphatic heterocycles. The van der Waals surface area contributed by atoms with E-state index in [1.54, 1.807) is 11.3 Å². The minimum atomic E-state index is 0.769. The minimum Gasteiger partial charge on any atom is -0.397 e. The lowest BCUT2D eigenvalue weighted by Crippen LogP contribution is -1.84. The number of fused-ring (bicyclic) bond motifs is 2. The number of para-hydroxylation sites is 1. The highest BCUT2D eigenvalue weighted by molar-refractivity contribution is 7.21. The summed E-state index contributed by atoms with van der Waals surface area (Å²) in [5.41, 5.74) is 10.1. The fourth-order valence-corrected chi connectivity index (χ4v) is 3.40. The molecule has 0 saturated carbocycles. The smallest absolute Gasteiger partial charge is 0.128 e. The Kier molecular flexibility index (Phi) is 2.13. The van der Waals surface area contributed by atoms with Crippen molar-refractivity contribution in [2.75, 3.05) is 5.73 Å². The average molecular weight is 265 g/mol. The van der Waals surface area contributed by atoms with Crippen LogP contribution in [0.4, 0.5) is 5.69 Å². The van der Waals surface area contributed by atoms with Gasteiger partial charge < -0.3 is 10.1 Å². The van der Waals surface area contributed by atoms with Gasteiger partial charge in [-0.2, -0.15) is 0 Å². The molecule has 0 spiro atoms. The molecule has 0 fully saturated rings. The first kappa shape index (κ1) is 10.6. The second-order valence-corrected chi connectivity index (χ2v) is 5.47. The Morgan fingerprint density at radius 2 is 1.89 bits per heavy atom. The highest BCUT2D eigenvalue weighted by atomic mass is 32.1. The average Bonchev–Trinajstić information content (AvgIpc) is 2.97. The monoisotopic (exact) mass is 265 g/mol. The summed E-state index contributed by atoms with van der Waals surface area (Å²) in [6.07, 6.45) is 3.94. The van der Waals surface area contributed by atoms with Crippen molar-refractivity contribution in [3.63, 3.8) is 0 Å². The summed E-state index contributed by atoms with van der Waals surface area (Å²) in [4.78, 5) is 4.69. The SMILES string of the molecule is Nc1cn2ccccc2c1-c1nc2ccccc2s1. The lowest BCUT2D eigenvalue weighted by atomic mass is 10.2. The number of nitrogens with zero attached hydrogens (tertiary/aromatic N) is 2. The Bertz CT molecular complexity index is 856. The molecule has 2 N–H and O–H groups in total. The van der Waals surface area contributed by atoms with E-state index in [0.717, 1.165) is 27.3 Å². The van der Waals surface area contributed by atoms with Crippen LogP contribution in [0.15, 0.2) is 54.9 Å². The van der Waals surface area contributed by atoms with Crippen LogP contribution in [-0.2, 0) is 0 Å². The molecule has 3 heterocycles. The lowest BCUT2D eigenvalue weighted by molar-refractivity contribution is 1.20. The zero-order chi connectivity index (χ0) is 12.8. The van der Waals surface area contributed by atoms with Crippen LogP contribution in [-0.4, -0.2) is 9.38 Å². The molecule has 0 aliphatic carbocycles. The molecular weight excluding hydrogens is 254 g/mol. The summed E-state index contributed by atoms with van der Waals surface area (Å²) in [6.45, 7) is 0. The molecule has 0 amide bonds. The number of rotatable bonds is 1. The molecule has 0 atom stereocenters. The van der Waals surface area contributed by atoms with Crippen LogP contribution in [0.2, 0.25) is 0 Å². The maximum absolute atomic E-state index is 6.15. The minimum absolute atomic E-state index is 0.769. The molecule has 3 aromatic heterocycles. The van der Waals surface area contributed by atoms with E-state index in [1.165, 1.54) is 4.70 Å². The molecule has 0 saturated heterocycles. The van der Waals surface area contributed by atoms with Crippen LogP contribution in [0.25, 0.3) is 26.3 Å². The van der Waals surface area contributed by atoms with Crippen molar-refractivity contribution in [1.29, 1.82) is 0 Å². The second-order valence-electron chi connectivity index (χ2n) is 4.44. The number of hydrogen-bond acceptors (Lipinski definition) is 3. The number of benzene rings is 1. The van der Waals surface area contributed by atoms with Gasteiger partial charge >= 0.3 is 0 Å². The second kappa shape index (κ2) is 3.83. The first-order chi connectivity index (χ1) is 9.33. The van der Waals surface area contributed by atoms with E-state index in [1.807, 2.05) is 47.1 Å². The predicted octanol–water partition coefficient (Wildman–Crippen LogP) is 3.80. The van der Waals surface area contributed by atoms with E-state index < -0.39 is 0 Å². The largest absolute Gasteiger partial charge is 0.397 e. The van der Waals surface area contributed by atoms with Gasteiger partial charge in [0, 0.05) is 12.4 Å². The summed E-state index contributed by atoms with van der Waals surface area (Å²) in [5.74, 6) is 0. The van der Waals surface area contributed by atoms with E-state index in [-0.39, 0.29) is 0 Å². The molecule has 0 unspecified atom stereocenters. The highest BCUT2D eigenvalue weighted by Crippen LogP contribution is 2.37. The predicted molar refractivity (Wildman–Crippen MR) is 80.4 cm³/mol. The zero-order valence-electron chi connectivity index (χ0n) is 10.1. The van der Waals surface area contributed by atoms with Gasteiger partial charge in [-0.15, -0.1) is 11.3 Å². The maximum atomic E-state index is 6.15. The summed E-state index contributed by atoms with van der Waals surface area (Å²) >= 11 is 1.68. The lowest BCUT2D eigenvalue weighted by Gasteiger charge is -1.96. The van der Waals surface area contributed by atoms with Crippen molar-refractivity contribution in [2.24, 2.45) is 0 Å². The number of thiazole rings is 1. The first-order valence-corrected chi connectivity index (χ1v) is 6.86. The molecule has 0 bridgehead atoms. The summed E-state index contributed by atoms with van der Waals surface area (Å²) in [7, 11) is 0. The third-order valence-electron chi connectivity index (χ3n) is 3.22. The fraction of sp³-hybridized carbons (Fsp3) is 0. The van der Waals surface area contributed by atoms with Crippen LogP contribution in [0.3, 0.4) is 0 Å². The molecular formula is C15H11N3S. The molecule has 0 radical (unpaired) electrons. The summed E-state index contributed by atoms with van der Waals surface area (Å²) in [5, 5.41) is 0.979. The van der Waals surface area contributed by atoms with Crippen LogP contribution in [0.5, 0.6) is 0 Å². The van der Waals surface area contributed by atoms with E-state index in [4.69, 9.17) is 10.7 Å². The van der Waals surface area contributed by atoms with Crippen LogP contribution in [0, 0.1) is 0 Å². The van der Waals surface area contributed by atoms with Gasteiger partial charge in [0.2, 0.25) is 0 Å². The number of nitrogen functional groups attached to an aromatic ring is 1. The third-order valence-corrected chi connectivity index (χ3v) is 4.27. The van der Waals surface area contributed by atoms with Crippen LogP contribution >= 0.6 is 11.3 Å². The number of aromatic nitrogens is 2. The van der Waals surface area contributed by atoms with E-state index in [9.17, 15) is 0 Å². The molecule has 1 aromatic carbocycles. The quantitative estimate of drug-likeness (QED) is 0.569. The first-order valence-electron chi connectivity index (χ1n) is 6.04. The highest BCUT2D eigenvalue weighted by Gasteiger charge is 2.14. The van der Waals surface area contributed by atoms with Crippen molar-refractivity contribution < 1.29 is 0 Å². The zero-order valence-corrected chi connectivity index (χ0v) is 10.9. The Hall–Kier alpha value is -2.33. The Labute approximate surface area is 113 Å². The van der Waals surface area contributed by atoms with E-state index in [0.29, 0.717) is 0 Å². The van der Waals surface area contributed by atoms with Gasteiger partial charge in [0.1, 0.15) is 5.01 Å². The van der Waals surface area contributed by atoms with Crippen molar-refractivity contribution >= 4 is 32.8 Å². The van der Waals surface area contributed by atoms with Gasteiger partial charge in [-0.25, -0.2) is 4.98 Å². The van der Waals surface area contributed by atoms with Crippen molar-refractivity contribution in [2.45, 2.75) is 0 Å². The number of pyridine rings is 1. The van der Waals surface area contributed by atoms with Gasteiger partial charge in [-0.1, -0.05) is 18.2 Å². The molecule has 92 valence electrons. The molecule has 4 aromatic rings. The normalized spacial score (nSPS) is 11.4. The van der Waals surface area contributed by atoms with Gasteiger partial charge in [0.05, 0.1) is 27.0 Å². The van der Waals surface area contributed by atoms with Gasteiger partial charge in [-0.05, 0) is 24.3 Å². The molecule has 4 rings (SSSR count). The van der Waals surface area contributed by atoms with E-state index in [2.05, 4.69) is 12.1 Å². The van der Waals surface area contributed by atoms with Gasteiger partial charge in [-0.3, -0.25) is 0 Å². The van der Waals surface area contributed by atoms with Crippen molar-refractivity contribution in [3.8, 4) is 10.6 Å². The number of nitrogens with two attached hydrogens (primary N) is 1. The van der Waals surface area contributed by atoms with Crippen LogP contribution in [0.1, 0.15) is 0 Å². The molecule has 4 heteroatoms. The third kappa shape index (κ3) is 1.54. The number of hydrogen-bond donors (Lipinski definition) is 1. The molecule has 3 nitrogen and oxygen atoms in total. The molecule has 19 heavy (non-hydrogen) atoms. The summed E-state index contributed by atoms with van der Waals surface area (Å²) < 4.78 is 3.23. The van der Waals surface area contributed by atoms with Crippen molar-refractivity contribution in [3.05, 3.63) is 54.9 Å². The van der Waals surface area contributed by atoms with Crippen molar-refractivity contribution in [1.82, 2.24) is 9.38 Å². The fourth-order valence-electron chi connectivity index (χ4n) is 2.35. The standard InChI is InChI=1S/C15H11N3S/c16-10-9-18-8-4-3-6-12(18)14(10)15-17-11-5-1-2-7-13(11)19-15/h1-9H,16H2. The number of anilines is 1. The van der Waals surface area contributed by atoms with Gasteiger partial charge in [0.25, 0.3) is 0 Å².